The highest BCUT2D eigenvalue weighted by molar-refractivity contribution is 6.04. The quantitative estimate of drug-likeness (QED) is 0.644. The van der Waals surface area contributed by atoms with E-state index in [1.807, 2.05) is 18.2 Å². The van der Waals surface area contributed by atoms with Crippen molar-refractivity contribution in [2.45, 2.75) is 6.54 Å². The van der Waals surface area contributed by atoms with Crippen LogP contribution in [-0.4, -0.2) is 66.1 Å². The Kier molecular flexibility index (Phi) is 5.76. The van der Waals surface area contributed by atoms with Gasteiger partial charge in [0.05, 0.1) is 25.3 Å². The number of amides is 1. The zero-order chi connectivity index (χ0) is 21.1. The van der Waals surface area contributed by atoms with Crippen molar-refractivity contribution in [3.8, 4) is 11.5 Å². The fraction of sp³-hybridized carbons (Fsp3) is 0.318. The molecular weight excluding hydrogens is 387 g/mol. The van der Waals surface area contributed by atoms with E-state index in [1.165, 1.54) is 24.5 Å². The summed E-state index contributed by atoms with van der Waals surface area (Å²) in [5.74, 6) is 0.867. The number of nitrogens with zero attached hydrogens (tertiary/aromatic N) is 4. The monoisotopic (exact) mass is 410 g/mol. The van der Waals surface area contributed by atoms with Crippen molar-refractivity contribution in [3.63, 3.8) is 0 Å². The van der Waals surface area contributed by atoms with Gasteiger partial charge in [-0.3, -0.25) is 19.7 Å². The average molecular weight is 410 g/mol. The van der Waals surface area contributed by atoms with Crippen LogP contribution in [0.4, 0.5) is 4.39 Å². The Morgan fingerprint density at radius 1 is 1.03 bits per heavy atom. The number of carbonyl (C=O) groups is 1. The fourth-order valence-electron chi connectivity index (χ4n) is 3.73. The summed E-state index contributed by atoms with van der Waals surface area (Å²) < 4.78 is 24.8. The predicted octanol–water partition coefficient (Wildman–Crippen LogP) is 2.74. The molecule has 2 aromatic carbocycles. The molecule has 2 heterocycles. The smallest absolute Gasteiger partial charge is 0.256 e. The third-order valence-corrected chi connectivity index (χ3v) is 5.31. The van der Waals surface area contributed by atoms with Crippen molar-refractivity contribution < 1.29 is 18.7 Å². The molecule has 30 heavy (non-hydrogen) atoms. The van der Waals surface area contributed by atoms with Crippen LogP contribution in [0.3, 0.4) is 0 Å². The summed E-state index contributed by atoms with van der Waals surface area (Å²) in [5, 5.41) is 0. The first-order valence-corrected chi connectivity index (χ1v) is 9.72. The number of rotatable bonds is 5. The van der Waals surface area contributed by atoms with E-state index in [1.54, 1.807) is 19.1 Å². The Morgan fingerprint density at radius 3 is 2.53 bits per heavy atom. The van der Waals surface area contributed by atoms with Gasteiger partial charge < -0.3 is 14.4 Å². The van der Waals surface area contributed by atoms with Crippen LogP contribution >= 0.6 is 0 Å². The molecule has 1 amide bonds. The van der Waals surface area contributed by atoms with Crippen LogP contribution in [0.2, 0.25) is 0 Å². The molecule has 0 spiro atoms. The van der Waals surface area contributed by atoms with Crippen LogP contribution in [0.5, 0.6) is 11.5 Å². The van der Waals surface area contributed by atoms with Crippen LogP contribution in [-0.2, 0) is 6.54 Å². The van der Waals surface area contributed by atoms with Crippen molar-refractivity contribution in [3.05, 3.63) is 59.7 Å². The van der Waals surface area contributed by atoms with Gasteiger partial charge in [0, 0.05) is 56.7 Å². The number of ether oxygens (including phenoxy) is 2. The summed E-state index contributed by atoms with van der Waals surface area (Å²) in [6.45, 7) is 3.18. The van der Waals surface area contributed by atoms with E-state index in [4.69, 9.17) is 9.47 Å². The molecule has 1 aliphatic rings. The molecule has 1 aliphatic heterocycles. The lowest BCUT2D eigenvalue weighted by Gasteiger charge is -2.35. The zero-order valence-electron chi connectivity index (χ0n) is 17.0. The van der Waals surface area contributed by atoms with Crippen LogP contribution in [0, 0.1) is 5.82 Å². The second kappa shape index (κ2) is 8.62. The topological polar surface area (TPSA) is 67.8 Å². The Bertz CT molecular complexity index is 1070. The summed E-state index contributed by atoms with van der Waals surface area (Å²) in [5.41, 5.74) is 2.08. The molecule has 1 aromatic heterocycles. The number of hydrogen-bond donors (Lipinski definition) is 0. The standard InChI is InChI=1S/C22H23FN4O3/c1-29-17-3-4-20(30-2)15(11-17)14-26-7-9-27(10-8-26)22(28)18-12-16(23)13-19-21(18)25-6-5-24-19/h3-6,11-13H,7-10,14H2,1-2H3. The molecule has 0 N–H and O–H groups in total. The van der Waals surface area contributed by atoms with E-state index < -0.39 is 5.82 Å². The highest BCUT2D eigenvalue weighted by atomic mass is 19.1. The van der Waals surface area contributed by atoms with Crippen LogP contribution < -0.4 is 9.47 Å². The lowest BCUT2D eigenvalue weighted by Crippen LogP contribution is -2.48. The summed E-state index contributed by atoms with van der Waals surface area (Å²) in [4.78, 5) is 25.4. The molecule has 156 valence electrons. The van der Waals surface area contributed by atoms with Gasteiger partial charge in [-0.05, 0) is 24.3 Å². The van der Waals surface area contributed by atoms with Gasteiger partial charge in [0.1, 0.15) is 22.8 Å². The molecule has 0 bridgehead atoms. The largest absolute Gasteiger partial charge is 0.497 e. The molecule has 1 fully saturated rings. The van der Waals surface area contributed by atoms with E-state index in [0.717, 1.165) is 17.1 Å². The molecule has 0 radical (unpaired) electrons. The Hall–Kier alpha value is -3.26. The number of methoxy groups -OCH3 is 2. The number of benzene rings is 2. The Balaban J connectivity index is 1.46. The van der Waals surface area contributed by atoms with Gasteiger partial charge in [0.15, 0.2) is 0 Å². The van der Waals surface area contributed by atoms with Gasteiger partial charge in [0.25, 0.3) is 5.91 Å². The fourth-order valence-corrected chi connectivity index (χ4v) is 3.73. The van der Waals surface area contributed by atoms with Crippen molar-refractivity contribution in [1.82, 2.24) is 19.8 Å². The molecule has 3 aromatic rings. The molecule has 8 heteroatoms. The minimum Gasteiger partial charge on any atom is -0.497 e. The minimum absolute atomic E-state index is 0.224. The second-order valence-electron chi connectivity index (χ2n) is 7.12. The molecule has 0 aliphatic carbocycles. The summed E-state index contributed by atoms with van der Waals surface area (Å²) in [6, 6.07) is 8.26. The first-order valence-electron chi connectivity index (χ1n) is 9.72. The van der Waals surface area contributed by atoms with Gasteiger partial charge in [-0.15, -0.1) is 0 Å². The van der Waals surface area contributed by atoms with Crippen molar-refractivity contribution >= 4 is 16.9 Å². The molecule has 0 atom stereocenters. The normalized spacial score (nSPS) is 14.7. The van der Waals surface area contributed by atoms with Crippen LogP contribution in [0.25, 0.3) is 11.0 Å². The zero-order valence-corrected chi connectivity index (χ0v) is 17.0. The number of carbonyl (C=O) groups excluding carboxylic acids is 1. The van der Waals surface area contributed by atoms with Gasteiger partial charge >= 0.3 is 0 Å². The molecule has 7 nitrogen and oxygen atoms in total. The van der Waals surface area contributed by atoms with Crippen molar-refractivity contribution in [2.24, 2.45) is 0 Å². The van der Waals surface area contributed by atoms with Crippen LogP contribution in [0.15, 0.2) is 42.7 Å². The molecule has 4 rings (SSSR count). The predicted molar refractivity (Wildman–Crippen MR) is 110 cm³/mol. The van der Waals surface area contributed by atoms with E-state index in [0.29, 0.717) is 43.8 Å². The lowest BCUT2D eigenvalue weighted by molar-refractivity contribution is 0.0628. The summed E-state index contributed by atoms with van der Waals surface area (Å²) >= 11 is 0. The highest BCUT2D eigenvalue weighted by Crippen LogP contribution is 2.26. The number of hydrogen-bond acceptors (Lipinski definition) is 6. The van der Waals surface area contributed by atoms with Gasteiger partial charge in [-0.1, -0.05) is 0 Å². The van der Waals surface area contributed by atoms with Crippen molar-refractivity contribution in [2.75, 3.05) is 40.4 Å². The molecule has 0 saturated carbocycles. The summed E-state index contributed by atoms with van der Waals surface area (Å²) in [7, 11) is 3.28. The second-order valence-corrected chi connectivity index (χ2v) is 7.12. The van der Waals surface area contributed by atoms with Gasteiger partial charge in [-0.2, -0.15) is 0 Å². The van der Waals surface area contributed by atoms with Crippen LogP contribution in [0.1, 0.15) is 15.9 Å². The molecule has 1 saturated heterocycles. The molecular formula is C22H23FN4O3. The maximum atomic E-state index is 14.0. The third kappa shape index (κ3) is 4.04. The van der Waals surface area contributed by atoms with E-state index in [-0.39, 0.29) is 11.5 Å². The van der Waals surface area contributed by atoms with E-state index >= 15 is 0 Å². The maximum absolute atomic E-state index is 14.0. The third-order valence-electron chi connectivity index (χ3n) is 5.31. The lowest BCUT2D eigenvalue weighted by atomic mass is 10.1. The molecule has 0 unspecified atom stereocenters. The first-order chi connectivity index (χ1) is 14.6. The van der Waals surface area contributed by atoms with Gasteiger partial charge in [0.2, 0.25) is 0 Å². The Morgan fingerprint density at radius 2 is 1.80 bits per heavy atom. The first kappa shape index (κ1) is 20.0. The SMILES string of the molecule is COc1ccc(OC)c(CN2CCN(C(=O)c3cc(F)cc4nccnc34)CC2)c1. The van der Waals surface area contributed by atoms with Gasteiger partial charge in [-0.25, -0.2) is 4.39 Å². The van der Waals surface area contributed by atoms with E-state index in [9.17, 15) is 9.18 Å². The Labute approximate surface area is 174 Å². The number of fused-ring (bicyclic) bond motifs is 1. The maximum Gasteiger partial charge on any atom is 0.256 e. The number of piperazine rings is 1. The minimum atomic E-state index is -0.491. The average Bonchev–Trinajstić information content (AvgIpc) is 2.78. The summed E-state index contributed by atoms with van der Waals surface area (Å²) in [6.07, 6.45) is 3.00. The van der Waals surface area contributed by atoms with E-state index in [2.05, 4.69) is 14.9 Å². The van der Waals surface area contributed by atoms with Crippen molar-refractivity contribution in [1.29, 1.82) is 0 Å². The number of aromatic nitrogens is 2. The highest BCUT2D eigenvalue weighted by Gasteiger charge is 2.25. The number of halogens is 1.